The quantitative estimate of drug-likeness (QED) is 0.415. The van der Waals surface area contributed by atoms with Crippen LogP contribution in [0.5, 0.6) is 5.75 Å². The number of hydrogen-bond donors (Lipinski definition) is 0. The number of aromatic nitrogens is 5. The molecule has 0 N–H and O–H groups in total. The van der Waals surface area contributed by atoms with Crippen LogP contribution >= 0.6 is 23.2 Å². The summed E-state index contributed by atoms with van der Waals surface area (Å²) in [5.41, 5.74) is -0.703. The second-order valence-corrected chi connectivity index (χ2v) is 12.1. The Balaban J connectivity index is 0.000000225. The fourth-order valence-electron chi connectivity index (χ4n) is 4.35. The molecule has 2 heterocycles. The topological polar surface area (TPSA) is 117 Å². The molecule has 3 aromatic rings. The molecule has 2 aromatic heterocycles. The molecule has 220 valence electrons. The Hall–Kier alpha value is -3.05. The van der Waals surface area contributed by atoms with Gasteiger partial charge in [-0.2, -0.15) is 9.67 Å². The predicted molar refractivity (Wildman–Crippen MR) is 157 cm³/mol. The van der Waals surface area contributed by atoms with Crippen LogP contribution in [0, 0.1) is 0 Å². The van der Waals surface area contributed by atoms with Gasteiger partial charge in [0.25, 0.3) is 0 Å². The lowest BCUT2D eigenvalue weighted by atomic mass is 9.95. The molecule has 13 heteroatoms. The zero-order valence-electron chi connectivity index (χ0n) is 24.3. The summed E-state index contributed by atoms with van der Waals surface area (Å²) in [5, 5.41) is 4.88. The molecule has 0 unspecified atom stereocenters. The highest BCUT2D eigenvalue weighted by molar-refractivity contribution is 6.36. The highest BCUT2D eigenvalue weighted by Crippen LogP contribution is 2.33. The summed E-state index contributed by atoms with van der Waals surface area (Å²) in [4.78, 5) is 42.0. The van der Waals surface area contributed by atoms with Gasteiger partial charge in [-0.3, -0.25) is 4.57 Å². The van der Waals surface area contributed by atoms with Crippen molar-refractivity contribution in [3.05, 3.63) is 59.6 Å². The summed E-state index contributed by atoms with van der Waals surface area (Å²) >= 11 is 12.3. The van der Waals surface area contributed by atoms with Crippen molar-refractivity contribution in [1.29, 1.82) is 0 Å². The van der Waals surface area contributed by atoms with Crippen LogP contribution in [0.15, 0.2) is 30.9 Å². The number of anilines is 1. The van der Waals surface area contributed by atoms with Crippen molar-refractivity contribution in [3.8, 4) is 11.4 Å². The molecular weight excluding hydrogens is 559 g/mol. The lowest BCUT2D eigenvalue weighted by molar-refractivity contribution is 0.242. The normalized spacial score (nSPS) is 14.2. The third kappa shape index (κ3) is 7.17. The monoisotopic (exact) mass is 596 g/mol. The summed E-state index contributed by atoms with van der Waals surface area (Å²) in [6.07, 6.45) is 5.09. The average molecular weight is 598 g/mol. The van der Waals surface area contributed by atoms with Crippen LogP contribution < -0.4 is 26.8 Å². The first kappa shape index (κ1) is 31.5. The molecule has 1 aromatic carbocycles. The van der Waals surface area contributed by atoms with Crippen molar-refractivity contribution < 1.29 is 9.15 Å². The maximum Gasteiger partial charge on any atom is 0.442 e. The number of hydrogen-bond acceptors (Lipinski definition) is 8. The minimum atomic E-state index is -0.607. The van der Waals surface area contributed by atoms with E-state index in [2.05, 4.69) is 10.1 Å². The molecule has 1 aliphatic carbocycles. The Bertz CT molecular complexity index is 1510. The van der Waals surface area contributed by atoms with Crippen molar-refractivity contribution in [3.63, 3.8) is 0 Å². The maximum absolute atomic E-state index is 12.3. The lowest BCUT2D eigenvalue weighted by Gasteiger charge is -2.24. The minimum absolute atomic E-state index is 0.0219. The van der Waals surface area contributed by atoms with E-state index in [0.717, 1.165) is 30.4 Å². The van der Waals surface area contributed by atoms with E-state index in [9.17, 15) is 14.4 Å². The zero-order valence-corrected chi connectivity index (χ0v) is 25.8. The highest BCUT2D eigenvalue weighted by atomic mass is 35.5. The molecule has 40 heavy (non-hydrogen) atoms. The fourth-order valence-corrected chi connectivity index (χ4v) is 4.86. The van der Waals surface area contributed by atoms with Crippen molar-refractivity contribution in [2.24, 2.45) is 7.05 Å². The van der Waals surface area contributed by atoms with E-state index in [-0.39, 0.29) is 28.3 Å². The van der Waals surface area contributed by atoms with Gasteiger partial charge < -0.3 is 14.1 Å². The summed E-state index contributed by atoms with van der Waals surface area (Å²) in [5.74, 6) is 0.555. The molecule has 0 amide bonds. The SMILES string of the molecule is CC(C)Oc1cc(-n2nc(C(C)(C)C)oc2=O)c(Cl)cc1Cl.CN(C)c1nc(=O)n(C2CCCCC2)c(=O)n1C. The van der Waals surface area contributed by atoms with E-state index in [0.29, 0.717) is 28.3 Å². The first-order valence-corrected chi connectivity index (χ1v) is 14.0. The van der Waals surface area contributed by atoms with Crippen LogP contribution in [0.25, 0.3) is 5.69 Å². The van der Waals surface area contributed by atoms with E-state index in [4.69, 9.17) is 32.4 Å². The van der Waals surface area contributed by atoms with Gasteiger partial charge in [-0.05, 0) is 32.8 Å². The summed E-state index contributed by atoms with van der Waals surface area (Å²) in [6, 6.07) is 3.13. The first-order valence-electron chi connectivity index (χ1n) is 13.3. The van der Waals surface area contributed by atoms with Gasteiger partial charge in [-0.1, -0.05) is 63.2 Å². The summed E-state index contributed by atoms with van der Waals surface area (Å²) in [6.45, 7) is 9.47. The van der Waals surface area contributed by atoms with Crippen molar-refractivity contribution in [1.82, 2.24) is 23.9 Å². The van der Waals surface area contributed by atoms with Crippen LogP contribution in [0.2, 0.25) is 10.0 Å². The number of nitrogens with zero attached hydrogens (tertiary/aromatic N) is 6. The van der Waals surface area contributed by atoms with Gasteiger partial charge in [0.15, 0.2) is 0 Å². The highest BCUT2D eigenvalue weighted by Gasteiger charge is 2.25. The van der Waals surface area contributed by atoms with Crippen LogP contribution in [-0.4, -0.2) is 44.1 Å². The first-order chi connectivity index (χ1) is 18.6. The largest absolute Gasteiger partial charge is 0.489 e. The molecule has 0 spiro atoms. The second-order valence-electron chi connectivity index (χ2n) is 11.3. The third-order valence-corrected chi connectivity index (χ3v) is 6.91. The second kappa shape index (κ2) is 12.6. The van der Waals surface area contributed by atoms with Crippen molar-refractivity contribution in [2.45, 2.75) is 84.3 Å². The Labute approximate surface area is 243 Å². The Morgan fingerprint density at radius 1 is 1.05 bits per heavy atom. The molecule has 0 saturated heterocycles. The number of halogens is 2. The van der Waals surface area contributed by atoms with Crippen LogP contribution in [0.1, 0.15) is 78.7 Å². The van der Waals surface area contributed by atoms with Gasteiger partial charge in [0.2, 0.25) is 11.8 Å². The molecular formula is C27H38Cl2N6O5. The third-order valence-electron chi connectivity index (χ3n) is 6.32. The number of ether oxygens (including phenoxy) is 1. The molecule has 4 rings (SSSR count). The molecule has 1 fully saturated rings. The van der Waals surface area contributed by atoms with E-state index in [1.807, 2.05) is 34.6 Å². The molecule has 0 aliphatic heterocycles. The van der Waals surface area contributed by atoms with Gasteiger partial charge in [0, 0.05) is 38.7 Å². The van der Waals surface area contributed by atoms with Crippen LogP contribution in [0.3, 0.4) is 0 Å². The van der Waals surface area contributed by atoms with Gasteiger partial charge in [0.05, 0.1) is 21.8 Å². The predicted octanol–water partition coefficient (Wildman–Crippen LogP) is 4.73. The van der Waals surface area contributed by atoms with Gasteiger partial charge in [0.1, 0.15) is 5.75 Å². The van der Waals surface area contributed by atoms with Crippen LogP contribution in [0.4, 0.5) is 5.95 Å². The standard InChI is InChI=1S/C15H18Cl2N2O3.C12H20N4O2/c1-8(2)21-12-7-11(9(16)6-10(12)17)19-14(20)22-13(18-19)15(3,4)5;1-14(2)10-13-11(17)16(12(18)15(10)3)9-7-5-4-6-8-9/h6-8H,1-5H3;9H,4-8H2,1-3H3. The van der Waals surface area contributed by atoms with E-state index in [1.165, 1.54) is 21.6 Å². The molecule has 0 atom stereocenters. The van der Waals surface area contributed by atoms with Crippen molar-refractivity contribution in [2.75, 3.05) is 19.0 Å². The van der Waals surface area contributed by atoms with Gasteiger partial charge >= 0.3 is 17.1 Å². The lowest BCUT2D eigenvalue weighted by Crippen LogP contribution is -2.45. The van der Waals surface area contributed by atoms with Crippen molar-refractivity contribution >= 4 is 29.2 Å². The average Bonchev–Trinajstić information content (AvgIpc) is 3.26. The van der Waals surface area contributed by atoms with E-state index >= 15 is 0 Å². The number of benzene rings is 1. The zero-order chi connectivity index (χ0) is 29.9. The molecule has 1 saturated carbocycles. The Morgan fingerprint density at radius 2 is 1.68 bits per heavy atom. The summed E-state index contributed by atoms with van der Waals surface area (Å²) in [7, 11) is 5.20. The van der Waals surface area contributed by atoms with Gasteiger partial charge in [-0.15, -0.1) is 5.10 Å². The van der Waals surface area contributed by atoms with E-state index < -0.39 is 11.4 Å². The molecule has 11 nitrogen and oxygen atoms in total. The minimum Gasteiger partial charge on any atom is -0.489 e. The maximum atomic E-state index is 12.3. The smallest absolute Gasteiger partial charge is 0.442 e. The molecule has 0 radical (unpaired) electrons. The Kier molecular flexibility index (Phi) is 9.94. The number of rotatable bonds is 5. The Morgan fingerprint density at radius 3 is 2.20 bits per heavy atom. The summed E-state index contributed by atoms with van der Waals surface area (Å²) < 4.78 is 14.7. The van der Waals surface area contributed by atoms with Gasteiger partial charge in [-0.25, -0.2) is 19.0 Å². The fraction of sp³-hybridized carbons (Fsp3) is 0.593. The van der Waals surface area contributed by atoms with E-state index in [1.54, 1.807) is 32.1 Å². The molecule has 0 bridgehead atoms. The van der Waals surface area contributed by atoms with Crippen LogP contribution in [-0.2, 0) is 12.5 Å². The molecule has 1 aliphatic rings.